The average Bonchev–Trinajstić information content (AvgIpc) is 2.61. The number of amides is 1. The Kier molecular flexibility index (Phi) is 6.33. The number of halogens is 1. The third kappa shape index (κ3) is 4.93. The molecule has 126 valence electrons. The zero-order valence-electron chi connectivity index (χ0n) is 13.2. The van der Waals surface area contributed by atoms with E-state index in [-0.39, 0.29) is 34.4 Å². The topological polar surface area (TPSA) is 117 Å². The second-order valence-electron chi connectivity index (χ2n) is 5.04. The number of nitrogen functional groups attached to an aromatic ring is 1. The van der Waals surface area contributed by atoms with E-state index in [1.54, 1.807) is 18.2 Å². The highest BCUT2D eigenvalue weighted by atomic mass is 32.2. The highest BCUT2D eigenvalue weighted by molar-refractivity contribution is 7.99. The maximum Gasteiger partial charge on any atom is 0.289 e. The van der Waals surface area contributed by atoms with Gasteiger partial charge in [0, 0.05) is 6.54 Å². The summed E-state index contributed by atoms with van der Waals surface area (Å²) in [6, 6.07) is 11.6. The molecule has 0 aliphatic carbocycles. The van der Waals surface area contributed by atoms with E-state index < -0.39 is 0 Å². The molecule has 1 amide bonds. The molecule has 8 heteroatoms. The fourth-order valence-electron chi connectivity index (χ4n) is 2.06. The molecule has 0 radical (unpaired) electrons. The van der Waals surface area contributed by atoms with Gasteiger partial charge in [0.15, 0.2) is 5.03 Å². The number of aromatic nitrogens is 1. The lowest BCUT2D eigenvalue weighted by molar-refractivity contribution is -0.410. The third-order valence-electron chi connectivity index (χ3n) is 3.33. The molecule has 2 aromatic rings. The van der Waals surface area contributed by atoms with Crippen LogP contribution in [0.25, 0.3) is 0 Å². The van der Waals surface area contributed by atoms with E-state index in [0.717, 1.165) is 11.8 Å². The molecule has 0 fully saturated rings. The maximum atomic E-state index is 13.5. The molecule has 0 saturated heterocycles. The molecule has 0 bridgehead atoms. The Morgan fingerprint density at radius 2 is 2.00 bits per heavy atom. The molecule has 0 aliphatic heterocycles. The molecule has 4 N–H and O–H groups in total. The normalized spacial score (nSPS) is 9.88. The van der Waals surface area contributed by atoms with Crippen LogP contribution >= 0.6 is 11.8 Å². The number of nitrogens with zero attached hydrogens (tertiary/aromatic N) is 2. The number of hydrogen-bond donors (Lipinski definition) is 2. The summed E-state index contributed by atoms with van der Waals surface area (Å²) in [6.45, 7) is 0.310. The van der Waals surface area contributed by atoms with Crippen molar-refractivity contribution in [3.63, 3.8) is 0 Å². The molecule has 2 rings (SSSR count). The largest absolute Gasteiger partial charge is 0.355 e. The number of aromatic amines is 1. The first-order valence-corrected chi connectivity index (χ1v) is 8.32. The number of thioether (sulfide) groups is 1. The number of hydrogen-bond acceptors (Lipinski definition) is 5. The van der Waals surface area contributed by atoms with Gasteiger partial charge in [0.1, 0.15) is 29.1 Å². The second-order valence-corrected chi connectivity index (χ2v) is 6.03. The molecule has 0 saturated carbocycles. The van der Waals surface area contributed by atoms with Gasteiger partial charge in [-0.15, -0.1) is 0 Å². The molecule has 0 atom stereocenters. The first kappa shape index (κ1) is 18.2. The number of nitrogens with two attached hydrogens (primary N) is 1. The van der Waals surface area contributed by atoms with Crippen molar-refractivity contribution >= 4 is 23.5 Å². The van der Waals surface area contributed by atoms with E-state index in [0.29, 0.717) is 23.6 Å². The molecule has 1 aromatic carbocycles. The van der Waals surface area contributed by atoms with Gasteiger partial charge in [0.2, 0.25) is 5.91 Å². The van der Waals surface area contributed by atoms with E-state index in [9.17, 15) is 9.18 Å². The number of pyridine rings is 1. The minimum atomic E-state index is -0.299. The summed E-state index contributed by atoms with van der Waals surface area (Å²) in [5, 5.41) is 21.1. The van der Waals surface area contributed by atoms with Gasteiger partial charge in [-0.2, -0.15) is 10.5 Å². The van der Waals surface area contributed by atoms with Crippen molar-refractivity contribution in [1.82, 2.24) is 5.32 Å². The number of nitriles is 2. The number of rotatable bonds is 6. The smallest absolute Gasteiger partial charge is 0.289 e. The number of anilines is 1. The molecule has 1 heterocycles. The number of carbonyl (C=O) groups excluding carboxylic acids is 1. The van der Waals surface area contributed by atoms with Gasteiger partial charge in [-0.1, -0.05) is 30.0 Å². The van der Waals surface area contributed by atoms with E-state index in [4.69, 9.17) is 16.3 Å². The fourth-order valence-corrected chi connectivity index (χ4v) is 2.88. The SMILES string of the molecule is N#Cc1cc(C#N)c(SCC(=O)NCCc2ccccc2F)[nH+]c1N. The van der Waals surface area contributed by atoms with Gasteiger partial charge in [-0.25, -0.2) is 9.37 Å². The Labute approximate surface area is 148 Å². The van der Waals surface area contributed by atoms with E-state index in [1.165, 1.54) is 12.1 Å². The number of carbonyl (C=O) groups is 1. The minimum absolute atomic E-state index is 0.0633. The van der Waals surface area contributed by atoms with Crippen LogP contribution in [0.2, 0.25) is 0 Å². The minimum Gasteiger partial charge on any atom is -0.355 e. The summed E-state index contributed by atoms with van der Waals surface area (Å²) < 4.78 is 13.5. The summed E-state index contributed by atoms with van der Waals surface area (Å²) in [4.78, 5) is 14.7. The van der Waals surface area contributed by atoms with Crippen LogP contribution in [-0.2, 0) is 11.2 Å². The van der Waals surface area contributed by atoms with Crippen molar-refractivity contribution in [2.45, 2.75) is 11.4 Å². The number of nitrogens with one attached hydrogen (secondary N) is 2. The number of H-pyrrole nitrogens is 1. The van der Waals surface area contributed by atoms with E-state index >= 15 is 0 Å². The van der Waals surface area contributed by atoms with Crippen molar-refractivity contribution in [2.75, 3.05) is 18.0 Å². The van der Waals surface area contributed by atoms with Gasteiger partial charge in [0.25, 0.3) is 5.82 Å². The lowest BCUT2D eigenvalue weighted by atomic mass is 10.1. The predicted octanol–water partition coefficient (Wildman–Crippen LogP) is 1.42. The Morgan fingerprint density at radius 3 is 2.68 bits per heavy atom. The lowest BCUT2D eigenvalue weighted by Crippen LogP contribution is -2.28. The molecular formula is C17H15FN5OS+. The summed E-state index contributed by atoms with van der Waals surface area (Å²) in [7, 11) is 0. The van der Waals surface area contributed by atoms with Crippen molar-refractivity contribution < 1.29 is 14.2 Å². The van der Waals surface area contributed by atoms with Crippen LogP contribution in [0.3, 0.4) is 0 Å². The average molecular weight is 356 g/mol. The molecule has 25 heavy (non-hydrogen) atoms. The second kappa shape index (κ2) is 8.67. The van der Waals surface area contributed by atoms with Crippen LogP contribution < -0.4 is 16.0 Å². The molecule has 0 aliphatic rings. The van der Waals surface area contributed by atoms with Gasteiger partial charge in [0.05, 0.1) is 5.75 Å². The molecule has 6 nitrogen and oxygen atoms in total. The van der Waals surface area contributed by atoms with Crippen molar-refractivity contribution in [1.29, 1.82) is 10.5 Å². The van der Waals surface area contributed by atoms with Crippen molar-refractivity contribution in [3.05, 3.63) is 52.8 Å². The van der Waals surface area contributed by atoms with Crippen LogP contribution in [-0.4, -0.2) is 18.2 Å². The molecule has 0 spiro atoms. The monoisotopic (exact) mass is 356 g/mol. The Bertz CT molecular complexity index is 872. The van der Waals surface area contributed by atoms with Gasteiger partial charge >= 0.3 is 0 Å². The lowest BCUT2D eigenvalue weighted by Gasteiger charge is -2.06. The molecule has 1 aromatic heterocycles. The first-order valence-electron chi connectivity index (χ1n) is 7.34. The number of benzene rings is 1. The summed E-state index contributed by atoms with van der Waals surface area (Å²) in [5.41, 5.74) is 6.64. The van der Waals surface area contributed by atoms with Crippen LogP contribution in [0.15, 0.2) is 35.4 Å². The summed E-state index contributed by atoms with van der Waals surface area (Å²) in [6.07, 6.45) is 0.391. The van der Waals surface area contributed by atoms with E-state index in [2.05, 4.69) is 10.3 Å². The Morgan fingerprint density at radius 1 is 1.28 bits per heavy atom. The van der Waals surface area contributed by atoms with Gasteiger partial charge in [-0.3, -0.25) is 10.5 Å². The molecular weight excluding hydrogens is 341 g/mol. The Hall–Kier alpha value is -3.10. The van der Waals surface area contributed by atoms with Gasteiger partial charge < -0.3 is 5.32 Å². The summed E-state index contributed by atoms with van der Waals surface area (Å²) >= 11 is 1.11. The Balaban J connectivity index is 1.88. The summed E-state index contributed by atoms with van der Waals surface area (Å²) in [5.74, 6) is -0.341. The van der Waals surface area contributed by atoms with Crippen LogP contribution in [0.5, 0.6) is 0 Å². The predicted molar refractivity (Wildman–Crippen MR) is 90.7 cm³/mol. The third-order valence-corrected chi connectivity index (χ3v) is 4.35. The first-order chi connectivity index (χ1) is 12.0. The van der Waals surface area contributed by atoms with Crippen LogP contribution in [0.4, 0.5) is 10.2 Å². The van der Waals surface area contributed by atoms with Crippen LogP contribution in [0, 0.1) is 28.5 Å². The zero-order valence-corrected chi connectivity index (χ0v) is 14.0. The molecule has 0 unspecified atom stereocenters. The highest BCUT2D eigenvalue weighted by Gasteiger charge is 2.15. The van der Waals surface area contributed by atoms with Gasteiger partial charge in [-0.05, 0) is 24.1 Å². The highest BCUT2D eigenvalue weighted by Crippen LogP contribution is 2.20. The van der Waals surface area contributed by atoms with E-state index in [1.807, 2.05) is 12.1 Å². The maximum absolute atomic E-state index is 13.5. The quantitative estimate of drug-likeness (QED) is 0.759. The standard InChI is InChI=1S/C17H14FN5OS/c18-14-4-2-1-3-11(14)5-6-22-15(24)10-25-17-13(9-20)7-12(8-19)16(21)23-17/h1-4,7H,5-6,10H2,(H2,21,23)(H,22,24)/p+1. The van der Waals surface area contributed by atoms with Crippen LogP contribution in [0.1, 0.15) is 16.7 Å². The van der Waals surface area contributed by atoms with Crippen molar-refractivity contribution in [3.8, 4) is 12.1 Å². The zero-order chi connectivity index (χ0) is 18.2. The fraction of sp³-hybridized carbons (Fsp3) is 0.176. The van der Waals surface area contributed by atoms with Crippen molar-refractivity contribution in [2.24, 2.45) is 0 Å².